The van der Waals surface area contributed by atoms with Crippen molar-refractivity contribution in [3.63, 3.8) is 0 Å². The third-order valence-electron chi connectivity index (χ3n) is 9.42. The molecule has 0 radical (unpaired) electrons. The van der Waals surface area contributed by atoms with Crippen LogP contribution in [-0.4, -0.2) is 83.8 Å². The number of rotatable bonds is 8. The Bertz CT molecular complexity index is 1900. The molecule has 4 aromatic heterocycles. The number of nitrogens with one attached hydrogen (secondary N) is 1. The lowest BCUT2D eigenvalue weighted by Gasteiger charge is -2.41. The van der Waals surface area contributed by atoms with Crippen molar-refractivity contribution in [2.45, 2.75) is 58.2 Å². The van der Waals surface area contributed by atoms with Crippen molar-refractivity contribution in [1.82, 2.24) is 29.2 Å². The number of carbonyl (C=O) groups excluding carboxylic acids is 1. The van der Waals surface area contributed by atoms with E-state index in [1.807, 2.05) is 26.9 Å². The van der Waals surface area contributed by atoms with Gasteiger partial charge in [-0.2, -0.15) is 13.1 Å². The maximum absolute atomic E-state index is 13.8. The van der Waals surface area contributed by atoms with E-state index in [2.05, 4.69) is 10.3 Å². The third-order valence-corrected chi connectivity index (χ3v) is 10.5. The van der Waals surface area contributed by atoms with Crippen LogP contribution in [0.25, 0.3) is 28.1 Å². The number of piperidine rings is 2. The summed E-state index contributed by atoms with van der Waals surface area (Å²) in [4.78, 5) is 25.1. The van der Waals surface area contributed by atoms with Crippen LogP contribution in [-0.2, 0) is 16.6 Å². The summed E-state index contributed by atoms with van der Waals surface area (Å²) < 4.78 is 61.7. The molecule has 4 aromatic rings. The average molecular weight is 642 g/mol. The number of likely N-dealkylation sites (tertiary alicyclic amines) is 1. The molecule has 2 aliphatic heterocycles. The van der Waals surface area contributed by atoms with Gasteiger partial charge in [-0.3, -0.25) is 9.20 Å². The Labute approximate surface area is 260 Å². The van der Waals surface area contributed by atoms with Crippen molar-refractivity contribution in [3.05, 3.63) is 41.6 Å². The molecule has 3 fully saturated rings. The topological polar surface area (TPSA) is 114 Å². The van der Waals surface area contributed by atoms with Crippen LogP contribution in [0.1, 0.15) is 48.2 Å². The summed E-state index contributed by atoms with van der Waals surface area (Å²) in [6.45, 7) is 1.69. The third kappa shape index (κ3) is 5.41. The van der Waals surface area contributed by atoms with Gasteiger partial charge in [0.05, 0.1) is 24.8 Å². The van der Waals surface area contributed by atoms with E-state index < -0.39 is 16.6 Å². The Kier molecular flexibility index (Phi) is 7.46. The van der Waals surface area contributed by atoms with Gasteiger partial charge in [-0.15, -0.1) is 0 Å². The van der Waals surface area contributed by atoms with Crippen molar-refractivity contribution < 1.29 is 26.7 Å². The number of imidazole rings is 1. The number of pyridine rings is 2. The highest BCUT2D eigenvalue weighted by molar-refractivity contribution is 7.92. The molecular weight excluding hydrogens is 604 g/mol. The summed E-state index contributed by atoms with van der Waals surface area (Å²) in [6, 6.07) is 8.83. The van der Waals surface area contributed by atoms with Crippen LogP contribution in [0, 0.1) is 18.8 Å². The minimum absolute atomic E-state index is 0.0351. The summed E-state index contributed by atoms with van der Waals surface area (Å²) in [7, 11) is -2.70. The SMILES string of the molecule is COc1cc(C(=O)N2CC[C@H]3NCCC[C@H]3C2)cc2nc(-c3cc4ccc(N(C(F)F)S(C)(=O)=O)nc4n3CC3CC3)c(C)n12. The highest BCUT2D eigenvalue weighted by atomic mass is 32.2. The zero-order chi connectivity index (χ0) is 31.6. The second kappa shape index (κ2) is 11.2. The smallest absolute Gasteiger partial charge is 0.329 e. The number of aromatic nitrogens is 4. The molecule has 2 atom stereocenters. The van der Waals surface area contributed by atoms with Crippen molar-refractivity contribution in [2.75, 3.05) is 37.3 Å². The van der Waals surface area contributed by atoms with E-state index in [0.717, 1.165) is 62.8 Å². The number of anilines is 1. The quantitative estimate of drug-likeness (QED) is 0.286. The van der Waals surface area contributed by atoms with Crippen LogP contribution in [0.5, 0.6) is 5.88 Å². The van der Waals surface area contributed by atoms with Crippen LogP contribution in [0.15, 0.2) is 30.3 Å². The minimum atomic E-state index is -4.26. The van der Waals surface area contributed by atoms with Crippen molar-refractivity contribution in [3.8, 4) is 17.3 Å². The molecule has 1 aliphatic carbocycles. The van der Waals surface area contributed by atoms with Crippen molar-refractivity contribution >= 4 is 38.4 Å². The van der Waals surface area contributed by atoms with E-state index in [-0.39, 0.29) is 16.0 Å². The first-order valence-electron chi connectivity index (χ1n) is 15.4. The van der Waals surface area contributed by atoms with Crippen LogP contribution in [0.3, 0.4) is 0 Å². The Morgan fingerprint density at radius 1 is 1.16 bits per heavy atom. The zero-order valence-corrected chi connectivity index (χ0v) is 26.4. The van der Waals surface area contributed by atoms with Crippen LogP contribution >= 0.6 is 0 Å². The van der Waals surface area contributed by atoms with E-state index in [1.54, 1.807) is 25.3 Å². The molecule has 1 amide bonds. The molecule has 1 N–H and O–H groups in total. The second-order valence-electron chi connectivity index (χ2n) is 12.5. The Morgan fingerprint density at radius 2 is 1.96 bits per heavy atom. The van der Waals surface area contributed by atoms with Gasteiger partial charge in [-0.1, -0.05) is 0 Å². The first-order valence-corrected chi connectivity index (χ1v) is 17.3. The first kappa shape index (κ1) is 29.9. The lowest BCUT2D eigenvalue weighted by molar-refractivity contribution is 0.0592. The summed E-state index contributed by atoms with van der Waals surface area (Å²) in [6.07, 6.45) is 5.97. The molecule has 7 rings (SSSR count). The van der Waals surface area contributed by atoms with Crippen molar-refractivity contribution in [2.24, 2.45) is 11.8 Å². The fourth-order valence-corrected chi connectivity index (χ4v) is 7.73. The number of fused-ring (bicyclic) bond motifs is 3. The molecule has 3 aliphatic rings. The maximum atomic E-state index is 13.8. The van der Waals surface area contributed by atoms with Gasteiger partial charge < -0.3 is 19.5 Å². The molecule has 0 unspecified atom stereocenters. The number of ether oxygens (including phenoxy) is 1. The Hall–Kier alpha value is -3.78. The number of hydrogen-bond acceptors (Lipinski definition) is 7. The van der Waals surface area contributed by atoms with Crippen molar-refractivity contribution in [1.29, 1.82) is 0 Å². The number of sulfonamides is 1. The number of carbonyl (C=O) groups is 1. The Morgan fingerprint density at radius 3 is 2.67 bits per heavy atom. The summed E-state index contributed by atoms with van der Waals surface area (Å²) in [5.74, 6) is 0.940. The largest absolute Gasteiger partial charge is 0.482 e. The molecule has 11 nitrogen and oxygen atoms in total. The number of halogens is 2. The normalized spacial score (nSPS) is 20.6. The molecule has 45 heavy (non-hydrogen) atoms. The van der Waals surface area contributed by atoms with Crippen LogP contribution < -0.4 is 14.4 Å². The summed E-state index contributed by atoms with van der Waals surface area (Å²) in [5, 5.41) is 4.27. The number of aryl methyl sites for hydroxylation is 1. The molecular formula is C31H37F2N7O4S. The molecule has 0 spiro atoms. The van der Waals surface area contributed by atoms with Gasteiger partial charge in [-0.05, 0) is 81.7 Å². The lowest BCUT2D eigenvalue weighted by Crippen LogP contribution is -2.53. The van der Waals surface area contributed by atoms with Gasteiger partial charge in [0.15, 0.2) is 5.88 Å². The number of amides is 1. The number of alkyl halides is 2. The number of nitrogens with zero attached hydrogens (tertiary/aromatic N) is 6. The van der Waals surface area contributed by atoms with E-state index >= 15 is 0 Å². The Balaban J connectivity index is 1.30. The maximum Gasteiger partial charge on any atom is 0.329 e. The lowest BCUT2D eigenvalue weighted by atomic mass is 9.85. The molecule has 2 saturated heterocycles. The van der Waals surface area contributed by atoms with E-state index in [9.17, 15) is 22.0 Å². The van der Waals surface area contributed by atoms with Gasteiger partial charge >= 0.3 is 6.55 Å². The van der Waals surface area contributed by atoms with E-state index in [1.165, 1.54) is 6.07 Å². The first-order chi connectivity index (χ1) is 21.5. The van der Waals surface area contributed by atoms with Crippen LogP contribution in [0.2, 0.25) is 0 Å². The summed E-state index contributed by atoms with van der Waals surface area (Å²) >= 11 is 0. The monoisotopic (exact) mass is 641 g/mol. The fourth-order valence-electron chi connectivity index (χ4n) is 7.00. The van der Waals surface area contributed by atoms with E-state index in [0.29, 0.717) is 64.8 Å². The fraction of sp³-hybridized carbons (Fsp3) is 0.516. The van der Waals surface area contributed by atoms with Gasteiger partial charge in [0, 0.05) is 42.7 Å². The highest BCUT2D eigenvalue weighted by Crippen LogP contribution is 2.38. The summed E-state index contributed by atoms with van der Waals surface area (Å²) in [5.41, 5.74) is 3.62. The van der Waals surface area contributed by atoms with Gasteiger partial charge in [0.2, 0.25) is 10.0 Å². The number of methoxy groups -OCH3 is 1. The zero-order valence-electron chi connectivity index (χ0n) is 25.5. The molecule has 6 heterocycles. The molecule has 14 heteroatoms. The van der Waals surface area contributed by atoms with Gasteiger partial charge in [0.25, 0.3) is 5.91 Å². The van der Waals surface area contributed by atoms with Gasteiger partial charge in [-0.25, -0.2) is 18.4 Å². The molecule has 0 bridgehead atoms. The van der Waals surface area contributed by atoms with Gasteiger partial charge in [0.1, 0.15) is 22.8 Å². The predicted octanol–water partition coefficient (Wildman–Crippen LogP) is 4.28. The average Bonchev–Trinajstić information content (AvgIpc) is 3.68. The highest BCUT2D eigenvalue weighted by Gasteiger charge is 2.34. The standard InChI is InChI=1S/C31H37F2N7O4S/c1-18-28(24-13-20-8-9-25(40(31(32)33)45(3,42)43)36-29(20)38(24)16-19-6-7-19)35-26-14-22(15-27(44-2)39(18)26)30(41)37-12-10-23-21(17-37)5-4-11-34-23/h8-9,13-15,19,21,23,31,34H,4-7,10-12,16-17H2,1-3H3/t21-,23+/m0/s1. The molecule has 0 aromatic carbocycles. The minimum Gasteiger partial charge on any atom is -0.482 e. The van der Waals surface area contributed by atoms with Crippen LogP contribution in [0.4, 0.5) is 14.6 Å². The number of hydrogen-bond donors (Lipinski definition) is 1. The molecule has 1 saturated carbocycles. The van der Waals surface area contributed by atoms with E-state index in [4.69, 9.17) is 9.72 Å². The molecule has 240 valence electrons. The predicted molar refractivity (Wildman–Crippen MR) is 166 cm³/mol. The second-order valence-corrected chi connectivity index (χ2v) is 14.4.